The molecule has 2 aliphatic rings. The van der Waals surface area contributed by atoms with Crippen molar-refractivity contribution in [2.24, 2.45) is 5.41 Å². The molecule has 0 aromatic heterocycles. The molecule has 0 bridgehead atoms. The van der Waals surface area contributed by atoms with Crippen LogP contribution < -0.4 is 5.32 Å². The first kappa shape index (κ1) is 23.0. The Morgan fingerprint density at radius 2 is 1.58 bits per heavy atom. The Hall–Kier alpha value is -3.14. The molecule has 1 saturated heterocycles. The Kier molecular flexibility index (Phi) is 7.77. The van der Waals surface area contributed by atoms with Gasteiger partial charge in [0.25, 0.3) is 0 Å². The highest BCUT2D eigenvalue weighted by atomic mass is 16.2. The van der Waals surface area contributed by atoms with E-state index in [1.165, 1.54) is 11.1 Å². The first-order valence-corrected chi connectivity index (χ1v) is 12.1. The van der Waals surface area contributed by atoms with Gasteiger partial charge in [0.2, 0.25) is 11.8 Å². The van der Waals surface area contributed by atoms with Crippen molar-refractivity contribution in [3.8, 4) is 0 Å². The van der Waals surface area contributed by atoms with Gasteiger partial charge in [-0.1, -0.05) is 84.5 Å². The van der Waals surface area contributed by atoms with Gasteiger partial charge in [0, 0.05) is 26.1 Å². The van der Waals surface area contributed by atoms with E-state index in [4.69, 9.17) is 0 Å². The minimum atomic E-state index is -0.442. The molecule has 33 heavy (non-hydrogen) atoms. The molecule has 0 atom stereocenters. The summed E-state index contributed by atoms with van der Waals surface area (Å²) in [4.78, 5) is 28.3. The van der Waals surface area contributed by atoms with E-state index in [9.17, 15) is 9.59 Å². The van der Waals surface area contributed by atoms with Crippen LogP contribution in [0, 0.1) is 5.41 Å². The van der Waals surface area contributed by atoms with Crippen LogP contribution in [-0.2, 0) is 22.6 Å². The summed E-state index contributed by atoms with van der Waals surface area (Å²) in [5, 5.41) is 3.20. The van der Waals surface area contributed by atoms with Gasteiger partial charge in [0.1, 0.15) is 0 Å². The minimum absolute atomic E-state index is 0.123. The molecule has 1 aliphatic heterocycles. The predicted octanol–water partition coefficient (Wildman–Crippen LogP) is 5.21. The van der Waals surface area contributed by atoms with Crippen LogP contribution in [0.5, 0.6) is 0 Å². The van der Waals surface area contributed by atoms with Gasteiger partial charge in [-0.25, -0.2) is 0 Å². The van der Waals surface area contributed by atoms with E-state index in [2.05, 4.69) is 35.7 Å². The molecule has 0 spiro atoms. The van der Waals surface area contributed by atoms with Gasteiger partial charge >= 0.3 is 0 Å². The first-order valence-electron chi connectivity index (χ1n) is 12.1. The van der Waals surface area contributed by atoms with E-state index in [1.54, 1.807) is 0 Å². The van der Waals surface area contributed by atoms with E-state index >= 15 is 0 Å². The van der Waals surface area contributed by atoms with Gasteiger partial charge < -0.3 is 10.2 Å². The summed E-state index contributed by atoms with van der Waals surface area (Å²) in [6.07, 6.45) is 12.0. The number of benzene rings is 2. The maximum Gasteiger partial charge on any atom is 0.226 e. The summed E-state index contributed by atoms with van der Waals surface area (Å²) < 4.78 is 0. The highest BCUT2D eigenvalue weighted by Crippen LogP contribution is 2.40. The molecule has 0 radical (unpaired) electrons. The molecular weight excluding hydrogens is 408 g/mol. The number of likely N-dealkylation sites (tertiary alicyclic amines) is 1. The fourth-order valence-corrected chi connectivity index (χ4v) is 4.92. The quantitative estimate of drug-likeness (QED) is 0.610. The second kappa shape index (κ2) is 11.1. The van der Waals surface area contributed by atoms with Crippen molar-refractivity contribution >= 4 is 11.8 Å². The predicted molar refractivity (Wildman–Crippen MR) is 132 cm³/mol. The molecule has 0 saturated carbocycles. The third-order valence-corrected chi connectivity index (χ3v) is 6.99. The molecule has 1 fully saturated rings. The number of carbonyl (C=O) groups is 2. The smallest absolute Gasteiger partial charge is 0.226 e. The molecule has 1 heterocycles. The van der Waals surface area contributed by atoms with Gasteiger partial charge in [0.05, 0.1) is 5.41 Å². The molecule has 0 unspecified atom stereocenters. The van der Waals surface area contributed by atoms with Crippen LogP contribution in [0.25, 0.3) is 0 Å². The molecule has 1 aliphatic carbocycles. The number of hydrogen-bond acceptors (Lipinski definition) is 2. The fraction of sp³-hybridized carbons (Fsp3) is 0.379. The third kappa shape index (κ3) is 6.22. The summed E-state index contributed by atoms with van der Waals surface area (Å²) in [6.45, 7) is 1.84. The molecule has 2 amide bonds. The van der Waals surface area contributed by atoms with Crippen LogP contribution >= 0.6 is 0 Å². The molecule has 1 N–H and O–H groups in total. The number of amides is 2. The number of rotatable bonds is 8. The minimum Gasteiger partial charge on any atom is -0.352 e. The molecule has 4 nitrogen and oxygen atoms in total. The van der Waals surface area contributed by atoms with Crippen LogP contribution in [0.1, 0.15) is 49.7 Å². The monoisotopic (exact) mass is 442 g/mol. The summed E-state index contributed by atoms with van der Waals surface area (Å²) in [6, 6.07) is 20.2. The molecule has 2 aromatic rings. The zero-order valence-electron chi connectivity index (χ0n) is 19.3. The summed E-state index contributed by atoms with van der Waals surface area (Å²) >= 11 is 0. The Labute approximate surface area is 197 Å². The van der Waals surface area contributed by atoms with Crippen LogP contribution in [0.4, 0.5) is 0 Å². The van der Waals surface area contributed by atoms with Crippen molar-refractivity contribution in [1.29, 1.82) is 0 Å². The van der Waals surface area contributed by atoms with E-state index in [0.717, 1.165) is 31.2 Å². The zero-order chi connectivity index (χ0) is 22.9. The maximum absolute atomic E-state index is 13.5. The second-order valence-corrected chi connectivity index (χ2v) is 9.28. The normalized spacial score (nSPS) is 17.3. The lowest BCUT2D eigenvalue weighted by molar-refractivity contribution is -0.140. The average molecular weight is 443 g/mol. The fourth-order valence-electron chi connectivity index (χ4n) is 4.92. The summed E-state index contributed by atoms with van der Waals surface area (Å²) in [7, 11) is 0. The molecule has 4 heteroatoms. The van der Waals surface area contributed by atoms with Crippen molar-refractivity contribution in [3.05, 3.63) is 95.6 Å². The average Bonchev–Trinajstić information content (AvgIpc) is 2.88. The Balaban J connectivity index is 1.39. The maximum atomic E-state index is 13.5. The number of piperidine rings is 1. The Bertz CT molecular complexity index is 987. The molecule has 172 valence electrons. The van der Waals surface area contributed by atoms with Gasteiger partial charge in [-0.15, -0.1) is 0 Å². The van der Waals surface area contributed by atoms with Crippen molar-refractivity contribution in [2.75, 3.05) is 13.1 Å². The third-order valence-electron chi connectivity index (χ3n) is 6.99. The lowest BCUT2D eigenvalue weighted by Crippen LogP contribution is -2.50. The molecular formula is C29H34N2O2. The van der Waals surface area contributed by atoms with Gasteiger partial charge in [0.15, 0.2) is 0 Å². The van der Waals surface area contributed by atoms with Crippen LogP contribution in [0.3, 0.4) is 0 Å². The number of carbonyl (C=O) groups excluding carboxylic acids is 2. The van der Waals surface area contributed by atoms with Gasteiger partial charge in [-0.3, -0.25) is 9.59 Å². The summed E-state index contributed by atoms with van der Waals surface area (Å²) in [5.41, 5.74) is 3.20. The van der Waals surface area contributed by atoms with Crippen molar-refractivity contribution in [2.45, 2.75) is 51.5 Å². The van der Waals surface area contributed by atoms with Crippen molar-refractivity contribution in [1.82, 2.24) is 10.2 Å². The highest BCUT2D eigenvalue weighted by Gasteiger charge is 2.42. The van der Waals surface area contributed by atoms with Gasteiger partial charge in [-0.2, -0.15) is 0 Å². The van der Waals surface area contributed by atoms with Crippen molar-refractivity contribution < 1.29 is 9.59 Å². The Morgan fingerprint density at radius 3 is 2.21 bits per heavy atom. The number of hydrogen-bond donors (Lipinski definition) is 1. The van der Waals surface area contributed by atoms with E-state index in [-0.39, 0.29) is 11.8 Å². The van der Waals surface area contributed by atoms with Crippen molar-refractivity contribution in [3.63, 3.8) is 0 Å². The van der Waals surface area contributed by atoms with E-state index in [1.807, 2.05) is 53.4 Å². The number of aryl methyl sites for hydroxylation is 1. The zero-order valence-corrected chi connectivity index (χ0v) is 19.3. The van der Waals surface area contributed by atoms with E-state index < -0.39 is 5.41 Å². The lowest BCUT2D eigenvalue weighted by Gasteiger charge is -2.41. The summed E-state index contributed by atoms with van der Waals surface area (Å²) in [5.74, 6) is 0.315. The van der Waals surface area contributed by atoms with Crippen LogP contribution in [0.2, 0.25) is 0 Å². The molecule has 4 rings (SSSR count). The standard InChI is InChI=1S/C29H34N2O2/c32-27(17-16-24-10-4-1-5-11-24)31-20-18-29(19-21-31,22-25-12-6-2-7-13-25)28(33)30-23-26-14-8-3-9-15-26/h1-6,8-12,14-15H,7,13,16-23H2,(H,30,33). The largest absolute Gasteiger partial charge is 0.352 e. The SMILES string of the molecule is O=C(CCc1ccccc1)N1CCC(CC2=CC=CCC2)(C(=O)NCc2ccccc2)CC1. The molecule has 2 aromatic carbocycles. The Morgan fingerprint density at radius 1 is 0.909 bits per heavy atom. The van der Waals surface area contributed by atoms with E-state index in [0.29, 0.717) is 38.9 Å². The number of nitrogens with one attached hydrogen (secondary N) is 1. The van der Waals surface area contributed by atoms with Crippen LogP contribution in [-0.4, -0.2) is 29.8 Å². The number of nitrogens with zero attached hydrogens (tertiary/aromatic N) is 1. The topological polar surface area (TPSA) is 49.4 Å². The number of allylic oxidation sites excluding steroid dienone is 4. The highest BCUT2D eigenvalue weighted by molar-refractivity contribution is 5.84. The van der Waals surface area contributed by atoms with Crippen LogP contribution in [0.15, 0.2) is 84.5 Å². The lowest BCUT2D eigenvalue weighted by atomic mass is 9.71. The second-order valence-electron chi connectivity index (χ2n) is 9.28. The van der Waals surface area contributed by atoms with Gasteiger partial charge in [-0.05, 0) is 49.7 Å². The first-order chi connectivity index (χ1) is 16.1.